The van der Waals surface area contributed by atoms with Crippen molar-refractivity contribution in [1.29, 1.82) is 0 Å². The van der Waals surface area contributed by atoms with Gasteiger partial charge in [-0.1, -0.05) is 27.7 Å². The highest BCUT2D eigenvalue weighted by molar-refractivity contribution is 8.01. The largest absolute Gasteiger partial charge is 0.289 e. The summed E-state index contributed by atoms with van der Waals surface area (Å²) in [6.07, 6.45) is 2.16. The Bertz CT molecular complexity index is 715. The van der Waals surface area contributed by atoms with Crippen LogP contribution in [0, 0.1) is 5.92 Å². The van der Waals surface area contributed by atoms with Crippen LogP contribution in [0.2, 0.25) is 0 Å². The van der Waals surface area contributed by atoms with Gasteiger partial charge in [-0.05, 0) is 17.6 Å². The molecule has 0 spiro atoms. The molecule has 170 valence electrons. The van der Waals surface area contributed by atoms with E-state index in [9.17, 15) is 22.6 Å². The first-order chi connectivity index (χ1) is 13.3. The average Bonchev–Trinajstić information content (AvgIpc) is 2.80. The number of imide groups is 1. The molecule has 29 heavy (non-hydrogen) atoms. The topological polar surface area (TPSA) is 125 Å². The van der Waals surface area contributed by atoms with Crippen molar-refractivity contribution >= 4 is 41.0 Å². The fourth-order valence-electron chi connectivity index (χ4n) is 2.80. The number of thioether (sulfide) groups is 1. The Hall–Kier alpha value is -0.450. The van der Waals surface area contributed by atoms with Crippen molar-refractivity contribution in [3.63, 3.8) is 0 Å². The Morgan fingerprint density at radius 1 is 1.14 bits per heavy atom. The molecule has 0 aliphatic carbocycles. The predicted octanol–water partition coefficient (Wildman–Crippen LogP) is 1.22. The number of nitrogens with zero attached hydrogens (tertiary/aromatic N) is 1. The smallest absolute Gasteiger partial charge is 0.242 e. The van der Waals surface area contributed by atoms with Gasteiger partial charge in [-0.15, -0.1) is 11.8 Å². The maximum atomic E-state index is 13.2. The summed E-state index contributed by atoms with van der Waals surface area (Å²) in [5.41, 5.74) is 0. The van der Waals surface area contributed by atoms with Gasteiger partial charge in [-0.3, -0.25) is 29.2 Å². The van der Waals surface area contributed by atoms with Gasteiger partial charge in [0.25, 0.3) is 0 Å². The number of nitrogens with one attached hydrogen (secondary N) is 3. The van der Waals surface area contributed by atoms with E-state index in [0.717, 1.165) is 12.7 Å². The first-order valence-electron chi connectivity index (χ1n) is 9.86. The Morgan fingerprint density at radius 2 is 1.76 bits per heavy atom. The molecule has 12 heteroatoms. The molecular weight excluding hydrogens is 435 g/mol. The molecule has 0 radical (unpaired) electrons. The molecule has 3 N–H and O–H groups in total. The van der Waals surface area contributed by atoms with E-state index in [1.165, 1.54) is 16.7 Å². The zero-order chi connectivity index (χ0) is 22.2. The van der Waals surface area contributed by atoms with Gasteiger partial charge >= 0.3 is 0 Å². The molecule has 0 aromatic heterocycles. The van der Waals surface area contributed by atoms with E-state index in [4.69, 9.17) is 0 Å². The molecule has 9 nitrogen and oxygen atoms in total. The van der Waals surface area contributed by atoms with Crippen molar-refractivity contribution < 1.29 is 22.6 Å². The highest BCUT2D eigenvalue weighted by Gasteiger charge is 2.39. The number of likely N-dealkylation sites (tertiary alicyclic amines) is 1. The number of amides is 2. The number of carbonyl (C=O) groups is 2. The molecule has 2 unspecified atom stereocenters. The average molecular weight is 471 g/mol. The van der Waals surface area contributed by atoms with Crippen molar-refractivity contribution in [2.45, 2.75) is 51.0 Å². The Morgan fingerprint density at radius 3 is 2.31 bits per heavy atom. The molecule has 1 saturated heterocycles. The second kappa shape index (κ2) is 11.8. The lowest BCUT2D eigenvalue weighted by atomic mass is 10.1. The van der Waals surface area contributed by atoms with Crippen molar-refractivity contribution in [3.8, 4) is 0 Å². The van der Waals surface area contributed by atoms with Crippen LogP contribution < -0.4 is 14.9 Å². The molecule has 2 amide bonds. The first-order valence-corrected chi connectivity index (χ1v) is 14.6. The quantitative estimate of drug-likeness (QED) is 0.256. The highest BCUT2D eigenvalue weighted by Crippen LogP contribution is 2.35. The molecule has 1 aliphatic rings. The molecule has 1 fully saturated rings. The van der Waals surface area contributed by atoms with Gasteiger partial charge in [0.05, 0.1) is 11.5 Å². The minimum atomic E-state index is -3.37. The fraction of sp³-hybridized carbons (Fsp3) is 0.882. The van der Waals surface area contributed by atoms with Crippen LogP contribution in [0.5, 0.6) is 0 Å². The fourth-order valence-corrected chi connectivity index (χ4v) is 6.37. The van der Waals surface area contributed by atoms with E-state index in [1.54, 1.807) is 0 Å². The van der Waals surface area contributed by atoms with Crippen LogP contribution in [-0.2, 0) is 24.2 Å². The second-order valence-electron chi connectivity index (χ2n) is 7.89. The molecule has 0 aromatic carbocycles. The van der Waals surface area contributed by atoms with E-state index in [1.807, 2.05) is 13.8 Å². The molecule has 2 atom stereocenters. The third-order valence-electron chi connectivity index (χ3n) is 4.22. The second-order valence-corrected chi connectivity index (χ2v) is 14.1. The lowest BCUT2D eigenvalue weighted by molar-refractivity contribution is -0.138. The van der Waals surface area contributed by atoms with Gasteiger partial charge in [0, 0.05) is 38.8 Å². The molecule has 0 aromatic rings. The molecular formula is C17H35N4O5PS2. The summed E-state index contributed by atoms with van der Waals surface area (Å²) >= 11 is 1.48. The van der Waals surface area contributed by atoms with Crippen molar-refractivity contribution in [2.24, 2.45) is 5.92 Å². The summed E-state index contributed by atoms with van der Waals surface area (Å²) < 4.78 is 38.0. The third-order valence-corrected chi connectivity index (χ3v) is 8.51. The van der Waals surface area contributed by atoms with Crippen molar-refractivity contribution in [1.82, 2.24) is 19.8 Å². The maximum Gasteiger partial charge on any atom is 0.242 e. The number of sulfonamides is 1. The van der Waals surface area contributed by atoms with Crippen LogP contribution in [0.4, 0.5) is 0 Å². The molecule has 1 aliphatic heterocycles. The number of hydrogen-bond donors (Lipinski definition) is 3. The minimum Gasteiger partial charge on any atom is -0.289 e. The van der Waals surface area contributed by atoms with Crippen molar-refractivity contribution in [2.75, 3.05) is 38.6 Å². The van der Waals surface area contributed by atoms with E-state index in [0.29, 0.717) is 12.5 Å². The van der Waals surface area contributed by atoms with Gasteiger partial charge in [0.2, 0.25) is 29.3 Å². The standard InChI is InChI=1S/C17H35N4O5PS2/c1-13(2)6-7-18-27(24,11-9-20-29(5,25)26)19-8-10-21-16(22)12-15(17(21)23)28-14(3)4/h13-15,20H,6-12H2,1-5H3,(H2,18,19,24). The Balaban J connectivity index is 2.62. The summed E-state index contributed by atoms with van der Waals surface area (Å²) in [4.78, 5) is 25.8. The predicted molar refractivity (Wildman–Crippen MR) is 119 cm³/mol. The Labute approximate surface area is 179 Å². The van der Waals surface area contributed by atoms with Crippen LogP contribution >= 0.6 is 19.2 Å². The molecule has 0 bridgehead atoms. The summed E-state index contributed by atoms with van der Waals surface area (Å²) in [7, 11) is -6.45. The van der Waals surface area contributed by atoms with Crippen LogP contribution in [-0.4, -0.2) is 74.2 Å². The van der Waals surface area contributed by atoms with Gasteiger partial charge in [0.1, 0.15) is 0 Å². The van der Waals surface area contributed by atoms with Gasteiger partial charge in [-0.25, -0.2) is 13.1 Å². The minimum absolute atomic E-state index is 0.0342. The van der Waals surface area contributed by atoms with Crippen molar-refractivity contribution in [3.05, 3.63) is 0 Å². The van der Waals surface area contributed by atoms with Gasteiger partial charge < -0.3 is 0 Å². The molecule has 1 heterocycles. The van der Waals surface area contributed by atoms with E-state index in [-0.39, 0.29) is 54.5 Å². The molecule has 1 rings (SSSR count). The van der Waals surface area contributed by atoms with Crippen LogP contribution in [0.25, 0.3) is 0 Å². The van der Waals surface area contributed by atoms with Crippen LogP contribution in [0.15, 0.2) is 0 Å². The summed E-state index contributed by atoms with van der Waals surface area (Å²) in [5, 5.41) is 5.85. The first kappa shape index (κ1) is 26.6. The van der Waals surface area contributed by atoms with Crippen LogP contribution in [0.1, 0.15) is 40.5 Å². The lowest BCUT2D eigenvalue weighted by Gasteiger charge is -2.23. The van der Waals surface area contributed by atoms with E-state index < -0.39 is 17.5 Å². The monoisotopic (exact) mass is 470 g/mol. The van der Waals surface area contributed by atoms with E-state index >= 15 is 0 Å². The SMILES string of the molecule is CC(C)CCNP(=O)(CCNS(C)(=O)=O)NCCN1C(=O)CC(SC(C)C)C1=O. The number of rotatable bonds is 14. The van der Waals surface area contributed by atoms with Gasteiger partial charge in [-0.2, -0.15) is 0 Å². The lowest BCUT2D eigenvalue weighted by Crippen LogP contribution is -2.39. The van der Waals surface area contributed by atoms with E-state index in [2.05, 4.69) is 28.7 Å². The van der Waals surface area contributed by atoms with Crippen LogP contribution in [0.3, 0.4) is 0 Å². The third kappa shape index (κ3) is 10.4. The highest BCUT2D eigenvalue weighted by atomic mass is 32.2. The number of hydrogen-bond acceptors (Lipinski definition) is 6. The zero-order valence-electron chi connectivity index (χ0n) is 17.9. The normalized spacial score (nSPS) is 20.1. The molecule has 0 saturated carbocycles. The summed E-state index contributed by atoms with van der Waals surface area (Å²) in [6, 6.07) is 0. The number of carbonyl (C=O) groups excluding carboxylic acids is 2. The zero-order valence-corrected chi connectivity index (χ0v) is 20.5. The summed E-state index contributed by atoms with van der Waals surface area (Å²) in [6.45, 7) is 8.96. The summed E-state index contributed by atoms with van der Waals surface area (Å²) in [5.74, 6) is 0.0217. The maximum absolute atomic E-state index is 13.2. The Kier molecular flexibility index (Phi) is 10.8. The van der Waals surface area contributed by atoms with Gasteiger partial charge in [0.15, 0.2) is 0 Å².